The van der Waals surface area contributed by atoms with Gasteiger partial charge < -0.3 is 4.74 Å². The minimum Gasteiger partial charge on any atom is -0.392 e. The largest absolute Gasteiger partial charge is 0.392 e. The van der Waals surface area contributed by atoms with Gasteiger partial charge in [-0.3, -0.25) is 9.59 Å². The van der Waals surface area contributed by atoms with Crippen molar-refractivity contribution in [2.45, 2.75) is 65.2 Å². The van der Waals surface area contributed by atoms with E-state index in [1.54, 1.807) is 0 Å². The minimum atomic E-state index is -0.874. The van der Waals surface area contributed by atoms with E-state index in [0.29, 0.717) is 12.8 Å². The highest BCUT2D eigenvalue weighted by atomic mass is 16.6. The molecule has 0 heterocycles. The molecule has 2 rings (SSSR count). The van der Waals surface area contributed by atoms with Crippen molar-refractivity contribution < 1.29 is 14.3 Å². The number of hydrogen-bond acceptors (Lipinski definition) is 3. The van der Waals surface area contributed by atoms with Gasteiger partial charge in [0.1, 0.15) is 0 Å². The number of ether oxygens (including phenoxy) is 1. The van der Waals surface area contributed by atoms with Crippen LogP contribution in [0.25, 0.3) is 0 Å². The molecular weight excluding hydrogens is 360 g/mol. The van der Waals surface area contributed by atoms with Crippen LogP contribution in [0.2, 0.25) is 0 Å². The Kier molecular flexibility index (Phi) is 7.40. The number of carbonyl (C=O) groups excluding carboxylic acids is 2. The van der Waals surface area contributed by atoms with Crippen LogP contribution in [0.3, 0.4) is 0 Å². The third-order valence-electron chi connectivity index (χ3n) is 5.54. The van der Waals surface area contributed by atoms with Crippen molar-refractivity contribution >= 4 is 11.9 Å². The standard InChI is InChI=1S/C26H34O3/c1-19(2)17-25(5,21-13-9-7-10-14-21)23(27)29-24(28)26(6,18-20(3)4)22-15-11-8-12-16-22/h7-16,19-20H,17-18H2,1-6H3. The van der Waals surface area contributed by atoms with E-state index in [2.05, 4.69) is 27.7 Å². The lowest BCUT2D eigenvalue weighted by atomic mass is 9.75. The predicted octanol–water partition coefficient (Wildman–Crippen LogP) is 6.06. The summed E-state index contributed by atoms with van der Waals surface area (Å²) in [5.41, 5.74) is -0.00495. The fraction of sp³-hybridized carbons (Fsp3) is 0.462. The van der Waals surface area contributed by atoms with Crippen LogP contribution in [0, 0.1) is 11.8 Å². The molecule has 2 atom stereocenters. The summed E-state index contributed by atoms with van der Waals surface area (Å²) in [5.74, 6) is -0.403. The SMILES string of the molecule is CC(C)CC(C)(C(=O)OC(=O)C(C)(CC(C)C)c1ccccc1)c1ccccc1. The van der Waals surface area contributed by atoms with Crippen LogP contribution in [-0.4, -0.2) is 11.9 Å². The molecular formula is C26H34O3. The molecule has 0 fully saturated rings. The zero-order chi connectivity index (χ0) is 21.7. The molecule has 156 valence electrons. The summed E-state index contributed by atoms with van der Waals surface area (Å²) >= 11 is 0. The average molecular weight is 395 g/mol. The van der Waals surface area contributed by atoms with Crippen LogP contribution in [0.15, 0.2) is 60.7 Å². The molecule has 0 saturated heterocycles. The Morgan fingerprint density at radius 3 is 1.28 bits per heavy atom. The van der Waals surface area contributed by atoms with Gasteiger partial charge in [-0.25, -0.2) is 0 Å². The smallest absolute Gasteiger partial charge is 0.323 e. The number of rotatable bonds is 8. The molecule has 0 bridgehead atoms. The van der Waals surface area contributed by atoms with E-state index in [1.165, 1.54) is 0 Å². The topological polar surface area (TPSA) is 43.4 Å². The first-order valence-corrected chi connectivity index (χ1v) is 10.5. The Labute approximate surface area is 175 Å². The fourth-order valence-electron chi connectivity index (χ4n) is 4.19. The van der Waals surface area contributed by atoms with Gasteiger partial charge in [-0.05, 0) is 49.7 Å². The van der Waals surface area contributed by atoms with Crippen molar-refractivity contribution in [3.8, 4) is 0 Å². The molecule has 0 radical (unpaired) electrons. The first-order valence-electron chi connectivity index (χ1n) is 10.5. The molecule has 0 N–H and O–H groups in total. The predicted molar refractivity (Wildman–Crippen MR) is 118 cm³/mol. The molecule has 2 aromatic carbocycles. The van der Waals surface area contributed by atoms with E-state index in [0.717, 1.165) is 11.1 Å². The molecule has 2 aromatic rings. The average Bonchev–Trinajstić information content (AvgIpc) is 2.68. The van der Waals surface area contributed by atoms with Gasteiger partial charge in [0.2, 0.25) is 0 Å². The van der Waals surface area contributed by atoms with Crippen molar-refractivity contribution in [3.63, 3.8) is 0 Å². The fourth-order valence-corrected chi connectivity index (χ4v) is 4.19. The maximum atomic E-state index is 13.3. The summed E-state index contributed by atoms with van der Waals surface area (Å²) in [6.07, 6.45) is 1.21. The summed E-state index contributed by atoms with van der Waals surface area (Å²) in [7, 11) is 0. The molecule has 0 aliphatic heterocycles. The van der Waals surface area contributed by atoms with E-state index in [9.17, 15) is 9.59 Å². The quantitative estimate of drug-likeness (QED) is 0.403. The van der Waals surface area contributed by atoms with Crippen LogP contribution in [0.5, 0.6) is 0 Å². The second-order valence-electron chi connectivity index (χ2n) is 9.27. The lowest BCUT2D eigenvalue weighted by molar-refractivity contribution is -0.168. The van der Waals surface area contributed by atoms with Gasteiger partial charge in [0, 0.05) is 0 Å². The second kappa shape index (κ2) is 9.39. The lowest BCUT2D eigenvalue weighted by Crippen LogP contribution is -2.43. The van der Waals surface area contributed by atoms with E-state index in [-0.39, 0.29) is 11.8 Å². The van der Waals surface area contributed by atoms with Crippen molar-refractivity contribution in [2.24, 2.45) is 11.8 Å². The van der Waals surface area contributed by atoms with Gasteiger partial charge in [0.25, 0.3) is 0 Å². The third-order valence-corrected chi connectivity index (χ3v) is 5.54. The van der Waals surface area contributed by atoms with Gasteiger partial charge >= 0.3 is 11.9 Å². The third kappa shape index (κ3) is 5.35. The van der Waals surface area contributed by atoms with E-state index >= 15 is 0 Å². The molecule has 0 saturated carbocycles. The number of esters is 2. The molecule has 3 nitrogen and oxygen atoms in total. The highest BCUT2D eigenvalue weighted by molar-refractivity contribution is 5.96. The van der Waals surface area contributed by atoms with Crippen molar-refractivity contribution in [3.05, 3.63) is 71.8 Å². The highest BCUT2D eigenvalue weighted by Crippen LogP contribution is 2.36. The molecule has 0 amide bonds. The molecule has 0 spiro atoms. The van der Waals surface area contributed by atoms with Crippen LogP contribution in [0.1, 0.15) is 65.5 Å². The van der Waals surface area contributed by atoms with Crippen LogP contribution in [-0.2, 0) is 25.2 Å². The zero-order valence-corrected chi connectivity index (χ0v) is 18.6. The Hall–Kier alpha value is -2.42. The van der Waals surface area contributed by atoms with Crippen molar-refractivity contribution in [1.29, 1.82) is 0 Å². The summed E-state index contributed by atoms with van der Waals surface area (Å²) in [6, 6.07) is 19.2. The van der Waals surface area contributed by atoms with E-state index < -0.39 is 22.8 Å². The minimum absolute atomic E-state index is 0.277. The Bertz CT molecular complexity index is 741. The maximum absolute atomic E-state index is 13.3. The molecule has 2 unspecified atom stereocenters. The number of benzene rings is 2. The van der Waals surface area contributed by atoms with E-state index in [1.807, 2.05) is 74.5 Å². The number of carbonyl (C=O) groups is 2. The highest BCUT2D eigenvalue weighted by Gasteiger charge is 2.43. The monoisotopic (exact) mass is 394 g/mol. The lowest BCUT2D eigenvalue weighted by Gasteiger charge is -2.33. The first-order chi connectivity index (χ1) is 13.6. The summed E-state index contributed by atoms with van der Waals surface area (Å²) in [4.78, 5) is 26.7. The number of hydrogen-bond donors (Lipinski definition) is 0. The molecule has 0 aliphatic rings. The van der Waals surface area contributed by atoms with Crippen LogP contribution in [0.4, 0.5) is 0 Å². The van der Waals surface area contributed by atoms with Gasteiger partial charge in [-0.15, -0.1) is 0 Å². The summed E-state index contributed by atoms with van der Waals surface area (Å²) in [6.45, 7) is 12.0. The van der Waals surface area contributed by atoms with Crippen LogP contribution < -0.4 is 0 Å². The van der Waals surface area contributed by atoms with Crippen molar-refractivity contribution in [1.82, 2.24) is 0 Å². The summed E-state index contributed by atoms with van der Waals surface area (Å²) in [5, 5.41) is 0. The maximum Gasteiger partial charge on any atom is 0.323 e. The molecule has 3 heteroatoms. The molecule has 0 aliphatic carbocycles. The normalized spacial score (nSPS) is 15.6. The van der Waals surface area contributed by atoms with Gasteiger partial charge in [0.05, 0.1) is 10.8 Å². The van der Waals surface area contributed by atoms with Gasteiger partial charge in [-0.2, -0.15) is 0 Å². The molecule has 0 aromatic heterocycles. The van der Waals surface area contributed by atoms with Crippen LogP contribution >= 0.6 is 0 Å². The Balaban J connectivity index is 2.37. The van der Waals surface area contributed by atoms with Gasteiger partial charge in [-0.1, -0.05) is 88.4 Å². The summed E-state index contributed by atoms with van der Waals surface area (Å²) < 4.78 is 5.61. The first kappa shape index (κ1) is 22.9. The Morgan fingerprint density at radius 2 is 1.00 bits per heavy atom. The second-order valence-corrected chi connectivity index (χ2v) is 9.27. The zero-order valence-electron chi connectivity index (χ0n) is 18.6. The van der Waals surface area contributed by atoms with Gasteiger partial charge in [0.15, 0.2) is 0 Å². The van der Waals surface area contributed by atoms with E-state index in [4.69, 9.17) is 4.74 Å². The van der Waals surface area contributed by atoms with Crippen molar-refractivity contribution in [2.75, 3.05) is 0 Å². The Morgan fingerprint density at radius 1 is 0.690 bits per heavy atom. The molecule has 29 heavy (non-hydrogen) atoms.